The number of rotatable bonds is 2. The Morgan fingerprint density at radius 2 is 2.20 bits per heavy atom. The van der Waals surface area contributed by atoms with E-state index in [0.29, 0.717) is 5.75 Å². The average molecular weight is 203 g/mol. The van der Waals surface area contributed by atoms with Crippen LogP contribution < -0.4 is 4.90 Å². The van der Waals surface area contributed by atoms with Crippen LogP contribution in [0.1, 0.15) is 24.5 Å². The van der Waals surface area contributed by atoms with Gasteiger partial charge in [-0.3, -0.25) is 0 Å². The number of aromatic hydroxyl groups is 1. The third kappa shape index (κ3) is 1.72. The smallest absolute Gasteiger partial charge is 0.142 e. The number of hydrogen-bond donors (Lipinski definition) is 1. The zero-order valence-electron chi connectivity index (χ0n) is 9.33. The van der Waals surface area contributed by atoms with Gasteiger partial charge in [-0.1, -0.05) is 37.6 Å². The van der Waals surface area contributed by atoms with Gasteiger partial charge in [-0.15, -0.1) is 0 Å². The van der Waals surface area contributed by atoms with E-state index in [-0.39, 0.29) is 0 Å². The molecule has 0 amide bonds. The predicted octanol–water partition coefficient (Wildman–Crippen LogP) is 2.81. The van der Waals surface area contributed by atoms with Crippen LogP contribution in [0.2, 0.25) is 0 Å². The number of nitrogens with zero attached hydrogens (tertiary/aromatic N) is 1. The summed E-state index contributed by atoms with van der Waals surface area (Å²) in [4.78, 5) is 2.09. The zero-order valence-corrected chi connectivity index (χ0v) is 9.33. The van der Waals surface area contributed by atoms with Crippen molar-refractivity contribution in [1.82, 2.24) is 0 Å². The van der Waals surface area contributed by atoms with Gasteiger partial charge in [0.05, 0.1) is 5.69 Å². The maximum Gasteiger partial charge on any atom is 0.142 e. The Morgan fingerprint density at radius 1 is 1.40 bits per heavy atom. The summed E-state index contributed by atoms with van der Waals surface area (Å²) >= 11 is 0. The van der Waals surface area contributed by atoms with E-state index in [1.165, 1.54) is 0 Å². The standard InChI is InChI=1S/C13H17NO/c1-3-5-11-8-7-10-6-4-9-14(2)12(10)13(11)15/h4,6-8,15H,3,5,9H2,1-2H3. The Morgan fingerprint density at radius 3 is 2.93 bits per heavy atom. The van der Waals surface area contributed by atoms with Gasteiger partial charge < -0.3 is 10.0 Å². The highest BCUT2D eigenvalue weighted by Gasteiger charge is 2.16. The van der Waals surface area contributed by atoms with Crippen molar-refractivity contribution in [2.75, 3.05) is 18.5 Å². The van der Waals surface area contributed by atoms with E-state index in [1.54, 1.807) is 0 Å². The highest BCUT2D eigenvalue weighted by molar-refractivity contribution is 5.77. The lowest BCUT2D eigenvalue weighted by Gasteiger charge is -2.25. The van der Waals surface area contributed by atoms with Crippen LogP contribution in [0.15, 0.2) is 18.2 Å². The number of aryl methyl sites for hydroxylation is 1. The van der Waals surface area contributed by atoms with Crippen molar-refractivity contribution in [3.8, 4) is 5.75 Å². The fourth-order valence-electron chi connectivity index (χ4n) is 2.07. The fourth-order valence-corrected chi connectivity index (χ4v) is 2.07. The first-order chi connectivity index (χ1) is 7.24. The van der Waals surface area contributed by atoms with Gasteiger partial charge in [0.1, 0.15) is 5.75 Å². The lowest BCUT2D eigenvalue weighted by molar-refractivity contribution is 0.467. The van der Waals surface area contributed by atoms with Gasteiger partial charge in [0, 0.05) is 19.2 Å². The van der Waals surface area contributed by atoms with Crippen LogP contribution in [0.4, 0.5) is 5.69 Å². The Labute approximate surface area is 90.8 Å². The van der Waals surface area contributed by atoms with E-state index in [0.717, 1.165) is 36.2 Å². The van der Waals surface area contributed by atoms with Crippen LogP contribution in [0, 0.1) is 0 Å². The maximum absolute atomic E-state index is 10.2. The van der Waals surface area contributed by atoms with E-state index in [2.05, 4.69) is 30.0 Å². The molecule has 1 aromatic rings. The lowest BCUT2D eigenvalue weighted by Crippen LogP contribution is -2.20. The molecule has 1 heterocycles. The van der Waals surface area contributed by atoms with Crippen molar-refractivity contribution in [1.29, 1.82) is 0 Å². The second-order valence-electron chi connectivity index (χ2n) is 4.04. The van der Waals surface area contributed by atoms with Gasteiger partial charge in [0.2, 0.25) is 0 Å². The maximum atomic E-state index is 10.2. The molecule has 2 nitrogen and oxygen atoms in total. The van der Waals surface area contributed by atoms with Crippen LogP contribution in [0.25, 0.3) is 6.08 Å². The summed E-state index contributed by atoms with van der Waals surface area (Å²) in [6, 6.07) is 4.12. The minimum atomic E-state index is 0.459. The van der Waals surface area contributed by atoms with E-state index >= 15 is 0 Å². The van der Waals surface area contributed by atoms with Gasteiger partial charge in [-0.25, -0.2) is 0 Å². The minimum absolute atomic E-state index is 0.459. The number of phenols is 1. The van der Waals surface area contributed by atoms with Crippen molar-refractivity contribution in [2.24, 2.45) is 0 Å². The summed E-state index contributed by atoms with van der Waals surface area (Å²) in [5.41, 5.74) is 3.14. The van der Waals surface area contributed by atoms with Crippen molar-refractivity contribution in [3.63, 3.8) is 0 Å². The molecule has 0 saturated heterocycles. The predicted molar refractivity (Wildman–Crippen MR) is 64.4 cm³/mol. The quantitative estimate of drug-likeness (QED) is 0.799. The molecular formula is C13H17NO. The molecule has 0 radical (unpaired) electrons. The molecule has 0 fully saturated rings. The minimum Gasteiger partial charge on any atom is -0.505 e. The monoisotopic (exact) mass is 203 g/mol. The third-order valence-electron chi connectivity index (χ3n) is 2.84. The van der Waals surface area contributed by atoms with Crippen molar-refractivity contribution in [3.05, 3.63) is 29.3 Å². The summed E-state index contributed by atoms with van der Waals surface area (Å²) in [6.07, 6.45) is 6.19. The summed E-state index contributed by atoms with van der Waals surface area (Å²) in [5.74, 6) is 0.459. The molecule has 2 rings (SSSR count). The van der Waals surface area contributed by atoms with E-state index < -0.39 is 0 Å². The summed E-state index contributed by atoms with van der Waals surface area (Å²) in [6.45, 7) is 3.00. The van der Waals surface area contributed by atoms with Crippen LogP contribution in [0.3, 0.4) is 0 Å². The molecule has 0 bridgehead atoms. The first-order valence-corrected chi connectivity index (χ1v) is 5.46. The molecular weight excluding hydrogens is 186 g/mol. The first kappa shape index (κ1) is 10.1. The van der Waals surface area contributed by atoms with Gasteiger partial charge in [-0.05, 0) is 12.0 Å². The fraction of sp³-hybridized carbons (Fsp3) is 0.385. The SMILES string of the molecule is CCCc1ccc2c(c1O)N(C)CC=C2. The average Bonchev–Trinajstić information content (AvgIpc) is 2.22. The Bertz CT molecular complexity index is 396. The lowest BCUT2D eigenvalue weighted by atomic mass is 10.0. The molecule has 0 atom stereocenters. The van der Waals surface area contributed by atoms with Crippen LogP contribution in [0.5, 0.6) is 5.75 Å². The van der Waals surface area contributed by atoms with E-state index in [9.17, 15) is 5.11 Å². The topological polar surface area (TPSA) is 23.5 Å². The second kappa shape index (κ2) is 3.97. The zero-order chi connectivity index (χ0) is 10.8. The molecule has 0 aliphatic carbocycles. The Balaban J connectivity index is 2.50. The number of fused-ring (bicyclic) bond motifs is 1. The van der Waals surface area contributed by atoms with Crippen LogP contribution in [-0.2, 0) is 6.42 Å². The summed E-state index contributed by atoms with van der Waals surface area (Å²) in [5, 5.41) is 10.2. The third-order valence-corrected chi connectivity index (χ3v) is 2.84. The summed E-state index contributed by atoms with van der Waals surface area (Å²) in [7, 11) is 2.01. The number of anilines is 1. The molecule has 1 aromatic carbocycles. The molecule has 0 aromatic heterocycles. The Hall–Kier alpha value is -1.44. The molecule has 2 heteroatoms. The Kier molecular flexibility index (Phi) is 2.67. The number of phenolic OH excluding ortho intramolecular Hbond substituents is 1. The molecule has 15 heavy (non-hydrogen) atoms. The molecule has 1 N–H and O–H groups in total. The number of benzene rings is 1. The first-order valence-electron chi connectivity index (χ1n) is 5.46. The molecule has 80 valence electrons. The van der Waals surface area contributed by atoms with Gasteiger partial charge >= 0.3 is 0 Å². The van der Waals surface area contributed by atoms with Crippen LogP contribution in [-0.4, -0.2) is 18.7 Å². The van der Waals surface area contributed by atoms with Crippen LogP contribution >= 0.6 is 0 Å². The largest absolute Gasteiger partial charge is 0.505 e. The highest BCUT2D eigenvalue weighted by atomic mass is 16.3. The van der Waals surface area contributed by atoms with E-state index in [1.807, 2.05) is 13.1 Å². The van der Waals surface area contributed by atoms with Crippen molar-refractivity contribution >= 4 is 11.8 Å². The van der Waals surface area contributed by atoms with Gasteiger partial charge in [0.25, 0.3) is 0 Å². The second-order valence-corrected chi connectivity index (χ2v) is 4.04. The number of hydrogen-bond acceptors (Lipinski definition) is 2. The van der Waals surface area contributed by atoms with Crippen molar-refractivity contribution in [2.45, 2.75) is 19.8 Å². The number of likely N-dealkylation sites (N-methyl/N-ethyl adjacent to an activating group) is 1. The van der Waals surface area contributed by atoms with Gasteiger partial charge in [-0.2, -0.15) is 0 Å². The highest BCUT2D eigenvalue weighted by Crippen LogP contribution is 2.37. The summed E-state index contributed by atoms with van der Waals surface area (Å²) < 4.78 is 0. The van der Waals surface area contributed by atoms with Gasteiger partial charge in [0.15, 0.2) is 0 Å². The van der Waals surface area contributed by atoms with Crippen molar-refractivity contribution < 1.29 is 5.11 Å². The van der Waals surface area contributed by atoms with E-state index in [4.69, 9.17) is 0 Å². The molecule has 1 aliphatic heterocycles. The molecule has 0 unspecified atom stereocenters. The normalized spacial score (nSPS) is 14.1. The molecule has 0 spiro atoms. The molecule has 0 saturated carbocycles. The molecule has 1 aliphatic rings.